The minimum atomic E-state index is -0.493. The van der Waals surface area contributed by atoms with Crippen LogP contribution >= 0.6 is 34.5 Å². The lowest BCUT2D eigenvalue weighted by atomic mass is 10.2. The van der Waals surface area contributed by atoms with Gasteiger partial charge in [0.25, 0.3) is 0 Å². The number of halogens is 2. The highest BCUT2D eigenvalue weighted by molar-refractivity contribution is 7.22. The number of nitriles is 1. The molecule has 3 aromatic rings. The molecule has 5 nitrogen and oxygen atoms in total. The first-order chi connectivity index (χ1) is 11.0. The summed E-state index contributed by atoms with van der Waals surface area (Å²) in [5, 5.41) is 15.5. The number of aromatic nitrogens is 1. The van der Waals surface area contributed by atoms with Gasteiger partial charge in [0, 0.05) is 5.02 Å². The van der Waals surface area contributed by atoms with Crippen LogP contribution in [0.5, 0.6) is 0 Å². The predicted molar refractivity (Wildman–Crippen MR) is 93.4 cm³/mol. The first kappa shape index (κ1) is 15.6. The minimum absolute atomic E-state index is 0.343. The summed E-state index contributed by atoms with van der Waals surface area (Å²) in [7, 11) is 0. The van der Waals surface area contributed by atoms with Gasteiger partial charge < -0.3 is 5.32 Å². The fraction of sp³-hybridized carbons (Fsp3) is 0. The largest absolute Gasteiger partial charge is 0.325 e. The Kier molecular flexibility index (Phi) is 4.35. The number of thiazole rings is 1. The molecule has 0 aliphatic heterocycles. The highest BCUT2D eigenvalue weighted by Gasteiger charge is 2.10. The van der Waals surface area contributed by atoms with Crippen LogP contribution in [0.1, 0.15) is 5.56 Å². The number of fused-ring (bicyclic) bond motifs is 1. The van der Waals surface area contributed by atoms with Crippen molar-refractivity contribution in [2.24, 2.45) is 0 Å². The molecule has 0 radical (unpaired) electrons. The van der Waals surface area contributed by atoms with Gasteiger partial charge in [-0.25, -0.2) is 9.78 Å². The van der Waals surface area contributed by atoms with Gasteiger partial charge in [-0.1, -0.05) is 34.5 Å². The van der Waals surface area contributed by atoms with Crippen LogP contribution < -0.4 is 10.6 Å². The fourth-order valence-electron chi connectivity index (χ4n) is 1.89. The SMILES string of the molecule is N#Cc1ccc(Cl)c(NC(=O)Nc2nc3ccc(Cl)cc3s2)c1. The Bertz CT molecular complexity index is 948. The van der Waals surface area contributed by atoms with E-state index in [9.17, 15) is 4.79 Å². The number of rotatable bonds is 2. The molecule has 1 aromatic heterocycles. The smallest absolute Gasteiger partial charge is 0.306 e. The van der Waals surface area contributed by atoms with Gasteiger partial charge in [0.1, 0.15) is 0 Å². The molecule has 0 aliphatic rings. The lowest BCUT2D eigenvalue weighted by Gasteiger charge is -2.07. The van der Waals surface area contributed by atoms with E-state index >= 15 is 0 Å². The van der Waals surface area contributed by atoms with E-state index in [4.69, 9.17) is 28.5 Å². The second-order valence-electron chi connectivity index (χ2n) is 4.52. The first-order valence-corrected chi connectivity index (χ1v) is 7.96. The van der Waals surface area contributed by atoms with Crippen LogP contribution in [0, 0.1) is 11.3 Å². The third-order valence-electron chi connectivity index (χ3n) is 2.91. The summed E-state index contributed by atoms with van der Waals surface area (Å²) in [6, 6.07) is 11.4. The first-order valence-electron chi connectivity index (χ1n) is 6.39. The number of carbonyl (C=O) groups is 1. The van der Waals surface area contributed by atoms with Crippen LogP contribution in [0.15, 0.2) is 36.4 Å². The van der Waals surface area contributed by atoms with Crippen molar-refractivity contribution in [3.8, 4) is 6.07 Å². The fourth-order valence-corrected chi connectivity index (χ4v) is 3.19. The summed E-state index contributed by atoms with van der Waals surface area (Å²) in [4.78, 5) is 16.3. The standard InChI is InChI=1S/C15H8Cl2N4OS/c16-9-2-4-11-13(6-9)23-15(20-11)21-14(22)19-12-5-8(7-18)1-3-10(12)17/h1-6H,(H2,19,20,21,22). The molecular weight excluding hydrogens is 355 g/mol. The van der Waals surface area contributed by atoms with E-state index in [-0.39, 0.29) is 0 Å². The third-order valence-corrected chi connectivity index (χ3v) is 4.41. The Morgan fingerprint density at radius 3 is 2.78 bits per heavy atom. The van der Waals surface area contributed by atoms with Crippen molar-refractivity contribution in [2.75, 3.05) is 10.6 Å². The van der Waals surface area contributed by atoms with E-state index in [1.807, 2.05) is 6.07 Å². The number of urea groups is 1. The zero-order chi connectivity index (χ0) is 16.4. The van der Waals surface area contributed by atoms with Gasteiger partial charge in [-0.05, 0) is 36.4 Å². The Morgan fingerprint density at radius 2 is 2.00 bits per heavy atom. The van der Waals surface area contributed by atoms with Crippen molar-refractivity contribution in [3.05, 3.63) is 52.0 Å². The zero-order valence-electron chi connectivity index (χ0n) is 11.4. The molecule has 114 valence electrons. The van der Waals surface area contributed by atoms with Crippen LogP contribution in [0.3, 0.4) is 0 Å². The van der Waals surface area contributed by atoms with Gasteiger partial charge in [0.2, 0.25) is 0 Å². The van der Waals surface area contributed by atoms with E-state index in [1.165, 1.54) is 17.4 Å². The van der Waals surface area contributed by atoms with Gasteiger partial charge in [-0.15, -0.1) is 0 Å². The molecule has 0 aliphatic carbocycles. The Morgan fingerprint density at radius 1 is 1.17 bits per heavy atom. The Balaban J connectivity index is 1.77. The number of hydrogen-bond acceptors (Lipinski definition) is 4. The van der Waals surface area contributed by atoms with Crippen LogP contribution in [-0.2, 0) is 0 Å². The molecule has 2 N–H and O–H groups in total. The van der Waals surface area contributed by atoms with Crippen LogP contribution in [0.4, 0.5) is 15.6 Å². The normalized spacial score (nSPS) is 10.3. The van der Waals surface area contributed by atoms with E-state index in [0.717, 1.165) is 10.2 Å². The van der Waals surface area contributed by atoms with Crippen molar-refractivity contribution in [2.45, 2.75) is 0 Å². The van der Waals surface area contributed by atoms with Crippen molar-refractivity contribution < 1.29 is 4.79 Å². The van der Waals surface area contributed by atoms with E-state index in [0.29, 0.717) is 26.4 Å². The molecule has 0 unspecified atom stereocenters. The zero-order valence-corrected chi connectivity index (χ0v) is 13.8. The van der Waals surface area contributed by atoms with Crippen molar-refractivity contribution in [1.82, 2.24) is 4.98 Å². The number of hydrogen-bond donors (Lipinski definition) is 2. The summed E-state index contributed by atoms with van der Waals surface area (Å²) in [6.45, 7) is 0. The summed E-state index contributed by atoms with van der Waals surface area (Å²) in [5.74, 6) is 0. The second-order valence-corrected chi connectivity index (χ2v) is 6.39. The highest BCUT2D eigenvalue weighted by Crippen LogP contribution is 2.29. The Hall–Kier alpha value is -2.33. The molecule has 2 amide bonds. The average Bonchev–Trinajstić information content (AvgIpc) is 2.90. The van der Waals surface area contributed by atoms with Crippen molar-refractivity contribution >= 4 is 61.6 Å². The maximum Gasteiger partial charge on any atom is 0.325 e. The number of anilines is 2. The molecule has 0 atom stereocenters. The number of nitrogens with one attached hydrogen (secondary N) is 2. The number of benzene rings is 2. The van der Waals surface area contributed by atoms with Gasteiger partial charge in [0.15, 0.2) is 5.13 Å². The van der Waals surface area contributed by atoms with Gasteiger partial charge in [0.05, 0.1) is 32.6 Å². The molecule has 3 rings (SSSR count). The quantitative estimate of drug-likeness (QED) is 0.663. The van der Waals surface area contributed by atoms with E-state index in [1.54, 1.807) is 30.3 Å². The van der Waals surface area contributed by atoms with E-state index < -0.39 is 6.03 Å². The lowest BCUT2D eigenvalue weighted by molar-refractivity contribution is 0.262. The highest BCUT2D eigenvalue weighted by atomic mass is 35.5. The molecule has 0 bridgehead atoms. The molecule has 0 saturated carbocycles. The summed E-state index contributed by atoms with van der Waals surface area (Å²) in [6.07, 6.45) is 0. The number of carbonyl (C=O) groups excluding carboxylic acids is 1. The summed E-state index contributed by atoms with van der Waals surface area (Å²) >= 11 is 13.2. The molecule has 0 fully saturated rings. The maximum atomic E-state index is 12.1. The lowest BCUT2D eigenvalue weighted by Crippen LogP contribution is -2.19. The molecule has 23 heavy (non-hydrogen) atoms. The van der Waals surface area contributed by atoms with Gasteiger partial charge >= 0.3 is 6.03 Å². The summed E-state index contributed by atoms with van der Waals surface area (Å²) < 4.78 is 0.873. The van der Waals surface area contributed by atoms with Crippen LogP contribution in [0.25, 0.3) is 10.2 Å². The van der Waals surface area contributed by atoms with Crippen LogP contribution in [-0.4, -0.2) is 11.0 Å². The van der Waals surface area contributed by atoms with E-state index in [2.05, 4.69) is 15.6 Å². The molecule has 1 heterocycles. The minimum Gasteiger partial charge on any atom is -0.306 e. The number of amides is 2. The van der Waals surface area contributed by atoms with Crippen molar-refractivity contribution in [3.63, 3.8) is 0 Å². The monoisotopic (exact) mass is 362 g/mol. The molecular formula is C15H8Cl2N4OS. The van der Waals surface area contributed by atoms with Gasteiger partial charge in [-0.3, -0.25) is 5.32 Å². The van der Waals surface area contributed by atoms with Crippen molar-refractivity contribution in [1.29, 1.82) is 5.26 Å². The maximum absolute atomic E-state index is 12.1. The predicted octanol–water partition coefficient (Wildman–Crippen LogP) is 5.12. The third kappa shape index (κ3) is 3.54. The van der Waals surface area contributed by atoms with Crippen LogP contribution in [0.2, 0.25) is 10.0 Å². The second kappa shape index (κ2) is 6.42. The molecule has 8 heteroatoms. The topological polar surface area (TPSA) is 77.8 Å². The number of nitrogens with zero attached hydrogens (tertiary/aromatic N) is 2. The Labute approximate surface area is 145 Å². The van der Waals surface area contributed by atoms with Gasteiger partial charge in [-0.2, -0.15) is 5.26 Å². The summed E-state index contributed by atoms with van der Waals surface area (Å²) in [5.41, 5.74) is 1.51. The average molecular weight is 363 g/mol. The molecule has 0 saturated heterocycles. The molecule has 0 spiro atoms. The molecule has 2 aromatic carbocycles.